The van der Waals surface area contributed by atoms with Crippen LogP contribution in [-0.4, -0.2) is 45.5 Å². The second-order valence-corrected chi connectivity index (χ2v) is 7.54. The second-order valence-electron chi connectivity index (χ2n) is 7.54. The molecule has 1 aromatic rings. The summed E-state index contributed by atoms with van der Waals surface area (Å²) in [7, 11) is 0. The van der Waals surface area contributed by atoms with E-state index in [-0.39, 0.29) is 6.09 Å². The van der Waals surface area contributed by atoms with Gasteiger partial charge in [-0.3, -0.25) is 4.68 Å². The lowest BCUT2D eigenvalue weighted by molar-refractivity contribution is 0.0256. The molecule has 2 heterocycles. The molecule has 1 amide bonds. The summed E-state index contributed by atoms with van der Waals surface area (Å²) in [5.74, 6) is 0. The van der Waals surface area contributed by atoms with Crippen molar-refractivity contribution in [2.75, 3.05) is 18.4 Å². The van der Waals surface area contributed by atoms with E-state index in [0.717, 1.165) is 38.0 Å². The standard InChI is InChI=1S/C17H30N4O2/c1-13(2)21-12-15(11-18-21)19-14-7-6-9-20(10-8-14)16(22)23-17(3,4)5/h11-14,19H,6-10H2,1-5H3. The fourth-order valence-corrected chi connectivity index (χ4v) is 2.68. The van der Waals surface area contributed by atoms with Crippen LogP contribution in [0, 0.1) is 0 Å². The molecule has 6 nitrogen and oxygen atoms in total. The van der Waals surface area contributed by atoms with Gasteiger partial charge >= 0.3 is 6.09 Å². The highest BCUT2D eigenvalue weighted by molar-refractivity contribution is 5.68. The minimum absolute atomic E-state index is 0.203. The van der Waals surface area contributed by atoms with Crippen LogP contribution in [0.25, 0.3) is 0 Å². The molecular formula is C17H30N4O2. The Morgan fingerprint density at radius 3 is 2.70 bits per heavy atom. The Bertz CT molecular complexity index is 519. The Morgan fingerprint density at radius 2 is 2.09 bits per heavy atom. The first-order valence-corrected chi connectivity index (χ1v) is 8.53. The zero-order valence-corrected chi connectivity index (χ0v) is 15.0. The lowest BCUT2D eigenvalue weighted by atomic mass is 10.1. The molecule has 0 spiro atoms. The fraction of sp³-hybridized carbons (Fsp3) is 0.765. The van der Waals surface area contributed by atoms with Gasteiger partial charge in [-0.15, -0.1) is 0 Å². The van der Waals surface area contributed by atoms with Gasteiger partial charge in [-0.2, -0.15) is 5.10 Å². The molecule has 0 saturated carbocycles. The third-order valence-electron chi connectivity index (χ3n) is 3.88. The van der Waals surface area contributed by atoms with Crippen molar-refractivity contribution in [1.29, 1.82) is 0 Å². The Hall–Kier alpha value is -1.72. The maximum absolute atomic E-state index is 12.2. The largest absolute Gasteiger partial charge is 0.444 e. The Morgan fingerprint density at radius 1 is 1.35 bits per heavy atom. The fourth-order valence-electron chi connectivity index (χ4n) is 2.68. The van der Waals surface area contributed by atoms with Crippen LogP contribution >= 0.6 is 0 Å². The van der Waals surface area contributed by atoms with Crippen LogP contribution in [0.1, 0.15) is 59.9 Å². The van der Waals surface area contributed by atoms with Crippen LogP contribution in [0.3, 0.4) is 0 Å². The molecule has 1 N–H and O–H groups in total. The summed E-state index contributed by atoms with van der Waals surface area (Å²) in [4.78, 5) is 14.0. The average Bonchev–Trinajstić information content (AvgIpc) is 2.76. The van der Waals surface area contributed by atoms with Crippen molar-refractivity contribution >= 4 is 11.8 Å². The monoisotopic (exact) mass is 322 g/mol. The first kappa shape index (κ1) is 17.6. The molecule has 1 atom stereocenters. The molecule has 1 fully saturated rings. The quantitative estimate of drug-likeness (QED) is 0.922. The van der Waals surface area contributed by atoms with Crippen molar-refractivity contribution in [3.05, 3.63) is 12.4 Å². The van der Waals surface area contributed by atoms with Crippen LogP contribution in [0.4, 0.5) is 10.5 Å². The lowest BCUT2D eigenvalue weighted by Crippen LogP contribution is -2.37. The zero-order valence-electron chi connectivity index (χ0n) is 15.0. The summed E-state index contributed by atoms with van der Waals surface area (Å²) in [6.45, 7) is 11.4. The predicted octanol–water partition coefficient (Wildman–Crippen LogP) is 3.67. The minimum atomic E-state index is -0.438. The number of anilines is 1. The van der Waals surface area contributed by atoms with Crippen LogP contribution in [0.2, 0.25) is 0 Å². The number of aromatic nitrogens is 2. The van der Waals surface area contributed by atoms with E-state index < -0.39 is 5.60 Å². The highest BCUT2D eigenvalue weighted by Gasteiger charge is 2.25. The minimum Gasteiger partial charge on any atom is -0.444 e. The SMILES string of the molecule is CC(C)n1cc(NC2CCCN(C(=O)OC(C)(C)C)CC2)cn1. The van der Waals surface area contributed by atoms with Gasteiger partial charge in [0.15, 0.2) is 0 Å². The molecule has 1 aliphatic heterocycles. The van der Waals surface area contributed by atoms with Crippen LogP contribution in [-0.2, 0) is 4.74 Å². The number of likely N-dealkylation sites (tertiary alicyclic amines) is 1. The number of hydrogen-bond donors (Lipinski definition) is 1. The summed E-state index contributed by atoms with van der Waals surface area (Å²) in [6.07, 6.45) is 6.66. The molecule has 0 radical (unpaired) electrons. The van der Waals surface area contributed by atoms with Gasteiger partial charge < -0.3 is 15.0 Å². The van der Waals surface area contributed by atoms with Crippen LogP contribution in [0.5, 0.6) is 0 Å². The van der Waals surface area contributed by atoms with Crippen LogP contribution < -0.4 is 5.32 Å². The topological polar surface area (TPSA) is 59.4 Å². The highest BCUT2D eigenvalue weighted by atomic mass is 16.6. The molecule has 1 saturated heterocycles. The first-order valence-electron chi connectivity index (χ1n) is 8.53. The van der Waals surface area contributed by atoms with E-state index in [4.69, 9.17) is 4.74 Å². The second kappa shape index (κ2) is 7.23. The number of carbonyl (C=O) groups excluding carboxylic acids is 1. The number of rotatable bonds is 3. The summed E-state index contributed by atoms with van der Waals surface area (Å²) in [5.41, 5.74) is 0.612. The van der Waals surface area contributed by atoms with E-state index in [9.17, 15) is 4.79 Å². The summed E-state index contributed by atoms with van der Waals surface area (Å²) in [6, 6.07) is 0.731. The maximum Gasteiger partial charge on any atom is 0.410 e. The van der Waals surface area contributed by atoms with E-state index in [1.807, 2.05) is 42.7 Å². The number of carbonyl (C=O) groups is 1. The van der Waals surface area contributed by atoms with Crippen molar-refractivity contribution in [3.63, 3.8) is 0 Å². The average molecular weight is 322 g/mol. The normalized spacial score (nSPS) is 19.6. The summed E-state index contributed by atoms with van der Waals surface area (Å²) < 4.78 is 7.42. The van der Waals surface area contributed by atoms with Crippen molar-refractivity contribution in [2.24, 2.45) is 0 Å². The molecule has 0 aromatic carbocycles. The highest BCUT2D eigenvalue weighted by Crippen LogP contribution is 2.19. The van der Waals surface area contributed by atoms with Crippen LogP contribution in [0.15, 0.2) is 12.4 Å². The molecule has 1 aromatic heterocycles. The van der Waals surface area contributed by atoms with Crippen molar-refractivity contribution in [1.82, 2.24) is 14.7 Å². The number of nitrogens with one attached hydrogen (secondary N) is 1. The predicted molar refractivity (Wildman–Crippen MR) is 91.7 cm³/mol. The van der Waals surface area contributed by atoms with Gasteiger partial charge in [0.2, 0.25) is 0 Å². The maximum atomic E-state index is 12.2. The zero-order chi connectivity index (χ0) is 17.0. The molecule has 0 aliphatic carbocycles. The molecular weight excluding hydrogens is 292 g/mol. The summed E-state index contributed by atoms with van der Waals surface area (Å²) >= 11 is 0. The van der Waals surface area contributed by atoms with Gasteiger partial charge in [0.25, 0.3) is 0 Å². The Kier molecular flexibility index (Phi) is 5.55. The Labute approximate surface area is 139 Å². The number of hydrogen-bond acceptors (Lipinski definition) is 4. The molecule has 130 valence electrons. The molecule has 2 rings (SSSR count). The van der Waals surface area contributed by atoms with Gasteiger partial charge in [-0.1, -0.05) is 0 Å². The van der Waals surface area contributed by atoms with Gasteiger partial charge in [0.1, 0.15) is 5.60 Å². The van der Waals surface area contributed by atoms with E-state index >= 15 is 0 Å². The molecule has 6 heteroatoms. The smallest absolute Gasteiger partial charge is 0.410 e. The van der Waals surface area contributed by atoms with Gasteiger partial charge in [-0.05, 0) is 53.9 Å². The third-order valence-corrected chi connectivity index (χ3v) is 3.88. The Balaban J connectivity index is 1.87. The van der Waals surface area contributed by atoms with Crippen molar-refractivity contribution in [2.45, 2.75) is 71.6 Å². The number of amides is 1. The van der Waals surface area contributed by atoms with Gasteiger partial charge in [-0.25, -0.2) is 4.79 Å². The van der Waals surface area contributed by atoms with E-state index in [2.05, 4.69) is 24.3 Å². The number of ether oxygens (including phenoxy) is 1. The van der Waals surface area contributed by atoms with E-state index in [0.29, 0.717) is 12.1 Å². The van der Waals surface area contributed by atoms with Gasteiger partial charge in [0.05, 0.1) is 11.9 Å². The molecule has 1 unspecified atom stereocenters. The molecule has 0 bridgehead atoms. The number of nitrogens with zero attached hydrogens (tertiary/aromatic N) is 3. The van der Waals surface area contributed by atoms with E-state index in [1.54, 1.807) is 0 Å². The molecule has 23 heavy (non-hydrogen) atoms. The third kappa shape index (κ3) is 5.44. The molecule has 1 aliphatic rings. The summed E-state index contributed by atoms with van der Waals surface area (Å²) in [5, 5.41) is 7.90. The van der Waals surface area contributed by atoms with Crippen molar-refractivity contribution in [3.8, 4) is 0 Å². The first-order chi connectivity index (χ1) is 10.7. The van der Waals surface area contributed by atoms with Gasteiger partial charge in [0, 0.05) is 31.4 Å². The van der Waals surface area contributed by atoms with E-state index in [1.165, 1.54) is 0 Å². The van der Waals surface area contributed by atoms with Crippen molar-refractivity contribution < 1.29 is 9.53 Å². The lowest BCUT2D eigenvalue weighted by Gasteiger charge is -2.26.